The van der Waals surface area contributed by atoms with E-state index in [-0.39, 0.29) is 35.6 Å². The minimum atomic E-state index is -0.852. The lowest BCUT2D eigenvalue weighted by Crippen LogP contribution is -2.33. The molecule has 1 unspecified atom stereocenters. The summed E-state index contributed by atoms with van der Waals surface area (Å²) in [5.74, 6) is -2.08. The lowest BCUT2D eigenvalue weighted by atomic mass is 9.80. The molecule has 1 atom stereocenters. The number of benzene rings is 1. The Labute approximate surface area is 210 Å². The molecule has 1 aromatic rings. The molecule has 0 saturated heterocycles. The van der Waals surface area contributed by atoms with Crippen molar-refractivity contribution in [3.8, 4) is 18.2 Å². The molecule has 10 nitrogen and oxygen atoms in total. The van der Waals surface area contributed by atoms with Gasteiger partial charge in [0.15, 0.2) is 5.57 Å². The van der Waals surface area contributed by atoms with Crippen molar-refractivity contribution in [2.24, 2.45) is 0 Å². The molecule has 36 heavy (non-hydrogen) atoms. The van der Waals surface area contributed by atoms with Crippen molar-refractivity contribution in [1.29, 1.82) is 15.8 Å². The molecule has 0 aliphatic carbocycles. The van der Waals surface area contributed by atoms with E-state index in [4.69, 9.17) is 24.7 Å². The first-order valence-corrected chi connectivity index (χ1v) is 11.1. The van der Waals surface area contributed by atoms with Crippen LogP contribution >= 0.6 is 0 Å². The summed E-state index contributed by atoms with van der Waals surface area (Å²) in [5, 5.41) is 33.5. The monoisotopic (exact) mass is 489 g/mol. The second-order valence-corrected chi connectivity index (χ2v) is 8.05. The number of methoxy groups -OCH3 is 1. The number of nitrogens with one attached hydrogen (secondary N) is 2. The van der Waals surface area contributed by atoms with E-state index in [0.29, 0.717) is 22.6 Å². The zero-order valence-electron chi connectivity index (χ0n) is 20.8. The zero-order chi connectivity index (χ0) is 26.8. The first-order valence-electron chi connectivity index (χ1n) is 11.1. The number of rotatable bonds is 9. The number of hydrogen-bond donors (Lipinski definition) is 2. The van der Waals surface area contributed by atoms with Crippen LogP contribution in [0.5, 0.6) is 0 Å². The van der Waals surface area contributed by atoms with Crippen LogP contribution in [0, 0.1) is 34.0 Å². The maximum Gasteiger partial charge on any atom is 0.337 e. The van der Waals surface area contributed by atoms with Crippen molar-refractivity contribution >= 4 is 17.6 Å². The Kier molecular flexibility index (Phi) is 9.80. The predicted octanol–water partition coefficient (Wildman–Crippen LogP) is 3.30. The van der Waals surface area contributed by atoms with Crippen LogP contribution in [0.25, 0.3) is 0 Å². The number of carbonyl (C=O) groups excluding carboxylic acids is 2. The van der Waals surface area contributed by atoms with Crippen LogP contribution in [0.3, 0.4) is 0 Å². The van der Waals surface area contributed by atoms with Gasteiger partial charge in [-0.3, -0.25) is 0 Å². The van der Waals surface area contributed by atoms with Gasteiger partial charge in [0.1, 0.15) is 30.5 Å². The van der Waals surface area contributed by atoms with E-state index in [1.807, 2.05) is 0 Å². The summed E-state index contributed by atoms with van der Waals surface area (Å²) in [6.45, 7) is 7.10. The van der Waals surface area contributed by atoms with Crippen LogP contribution < -0.4 is 10.6 Å². The first kappa shape index (κ1) is 27.7. The fourth-order valence-electron chi connectivity index (χ4n) is 3.66. The Morgan fingerprint density at radius 2 is 1.67 bits per heavy atom. The molecule has 186 valence electrons. The summed E-state index contributed by atoms with van der Waals surface area (Å²) in [4.78, 5) is 26.3. The third-order valence-corrected chi connectivity index (χ3v) is 5.14. The summed E-state index contributed by atoms with van der Waals surface area (Å²) < 4.78 is 15.8. The highest BCUT2D eigenvalue weighted by molar-refractivity contribution is 6.00. The van der Waals surface area contributed by atoms with Gasteiger partial charge in [-0.1, -0.05) is 12.1 Å². The van der Waals surface area contributed by atoms with Gasteiger partial charge in [0.25, 0.3) is 0 Å². The van der Waals surface area contributed by atoms with Crippen LogP contribution in [0.1, 0.15) is 39.2 Å². The van der Waals surface area contributed by atoms with Crippen molar-refractivity contribution in [2.75, 3.05) is 25.6 Å². The van der Waals surface area contributed by atoms with Gasteiger partial charge in [0.05, 0.1) is 29.8 Å². The molecule has 0 aromatic heterocycles. The Balaban J connectivity index is 2.65. The third-order valence-electron chi connectivity index (χ3n) is 5.14. The quantitative estimate of drug-likeness (QED) is 0.299. The molecule has 1 aliphatic rings. The molecule has 0 saturated carbocycles. The van der Waals surface area contributed by atoms with E-state index in [2.05, 4.69) is 10.6 Å². The molecule has 2 rings (SSSR count). The molecule has 1 heterocycles. The largest absolute Gasteiger partial charge is 0.460 e. The van der Waals surface area contributed by atoms with Gasteiger partial charge in [0.2, 0.25) is 0 Å². The number of nitriles is 3. The fraction of sp³-hybridized carbons (Fsp3) is 0.346. The third kappa shape index (κ3) is 6.50. The average Bonchev–Trinajstić information content (AvgIpc) is 2.83. The lowest BCUT2D eigenvalue weighted by molar-refractivity contribution is -0.143. The molecular formula is C26H27N5O5. The summed E-state index contributed by atoms with van der Waals surface area (Å²) >= 11 is 0. The molecule has 0 radical (unpaired) electrons. The lowest BCUT2D eigenvalue weighted by Gasteiger charge is -2.31. The number of anilines is 1. The van der Waals surface area contributed by atoms with Gasteiger partial charge in [-0.25, -0.2) is 9.59 Å². The van der Waals surface area contributed by atoms with Crippen molar-refractivity contribution in [3.05, 3.63) is 63.6 Å². The molecule has 2 N–H and O–H groups in total. The normalized spacial score (nSPS) is 14.7. The maximum absolute atomic E-state index is 13.2. The fourth-order valence-corrected chi connectivity index (χ4v) is 3.66. The van der Waals surface area contributed by atoms with Crippen molar-refractivity contribution < 1.29 is 23.8 Å². The summed E-state index contributed by atoms with van der Waals surface area (Å²) in [5.41, 5.74) is 1.79. The highest BCUT2D eigenvalue weighted by atomic mass is 16.6. The number of allylic oxidation sites excluding steroid dienone is 4. The highest BCUT2D eigenvalue weighted by Crippen LogP contribution is 2.40. The van der Waals surface area contributed by atoms with Gasteiger partial charge in [-0.15, -0.1) is 0 Å². The van der Waals surface area contributed by atoms with Gasteiger partial charge in [-0.2, -0.15) is 15.8 Å². The van der Waals surface area contributed by atoms with Crippen LogP contribution in [-0.4, -0.2) is 38.4 Å². The Morgan fingerprint density at radius 1 is 1.03 bits per heavy atom. The Bertz CT molecular complexity index is 1240. The number of dihydropyridines is 1. The standard InChI is InChI=1S/C26H27N5O5/c1-15(2)36-26(33)23-17(4)30-16(3)22(25(32)35-10-9-34-5)24(23)18-7-6-8-20(11-18)31-21(14-29)19(12-27)13-28/h6-8,11,15,24,30-31H,9-10H2,1-5H3. The highest BCUT2D eigenvalue weighted by Gasteiger charge is 2.38. The van der Waals surface area contributed by atoms with Gasteiger partial charge < -0.3 is 24.8 Å². The maximum atomic E-state index is 13.2. The van der Waals surface area contributed by atoms with E-state index in [9.17, 15) is 14.9 Å². The average molecular weight is 490 g/mol. The number of esters is 2. The van der Waals surface area contributed by atoms with Crippen molar-refractivity contribution in [2.45, 2.75) is 39.7 Å². The second-order valence-electron chi connectivity index (χ2n) is 8.05. The van der Waals surface area contributed by atoms with Gasteiger partial charge >= 0.3 is 11.9 Å². The van der Waals surface area contributed by atoms with Crippen LogP contribution in [-0.2, 0) is 23.8 Å². The first-order chi connectivity index (χ1) is 17.2. The van der Waals surface area contributed by atoms with Crippen molar-refractivity contribution in [3.63, 3.8) is 0 Å². The van der Waals surface area contributed by atoms with Gasteiger partial charge in [0, 0.05) is 24.2 Å². The van der Waals surface area contributed by atoms with E-state index >= 15 is 0 Å². The molecule has 1 aliphatic heterocycles. The minimum Gasteiger partial charge on any atom is -0.460 e. The molecule has 0 bridgehead atoms. The number of hydrogen-bond acceptors (Lipinski definition) is 10. The second kappa shape index (κ2) is 12.8. The molecule has 1 aromatic carbocycles. The molecule has 10 heteroatoms. The SMILES string of the molecule is COCCOC(=O)C1=C(C)NC(C)=C(C(=O)OC(C)C)C1c1cccc(NC(C#N)=C(C#N)C#N)c1. The Morgan fingerprint density at radius 3 is 2.22 bits per heavy atom. The van der Waals surface area contributed by atoms with E-state index < -0.39 is 24.0 Å². The Hall–Kier alpha value is -4.59. The zero-order valence-corrected chi connectivity index (χ0v) is 20.8. The predicted molar refractivity (Wildman–Crippen MR) is 129 cm³/mol. The van der Waals surface area contributed by atoms with Crippen LogP contribution in [0.2, 0.25) is 0 Å². The van der Waals surface area contributed by atoms with Gasteiger partial charge in [-0.05, 0) is 45.4 Å². The number of carbonyl (C=O) groups is 2. The van der Waals surface area contributed by atoms with E-state index in [1.165, 1.54) is 7.11 Å². The van der Waals surface area contributed by atoms with Crippen LogP contribution in [0.4, 0.5) is 5.69 Å². The summed E-state index contributed by atoms with van der Waals surface area (Å²) in [6.07, 6.45) is -0.394. The molecule has 0 fully saturated rings. The summed E-state index contributed by atoms with van der Waals surface area (Å²) in [7, 11) is 1.49. The van der Waals surface area contributed by atoms with Crippen molar-refractivity contribution in [1.82, 2.24) is 5.32 Å². The van der Waals surface area contributed by atoms with Crippen LogP contribution in [0.15, 0.2) is 58.1 Å². The smallest absolute Gasteiger partial charge is 0.337 e. The number of ether oxygens (including phenoxy) is 3. The topological polar surface area (TPSA) is 157 Å². The van der Waals surface area contributed by atoms with E-state index in [1.54, 1.807) is 70.2 Å². The minimum absolute atomic E-state index is 0.0241. The number of nitrogens with zero attached hydrogens (tertiary/aromatic N) is 3. The van der Waals surface area contributed by atoms with E-state index in [0.717, 1.165) is 0 Å². The molecular weight excluding hydrogens is 462 g/mol. The summed E-state index contributed by atoms with van der Waals surface area (Å²) in [6, 6.07) is 11.8. The molecule has 0 amide bonds. The molecule has 0 spiro atoms.